The third-order valence-electron chi connectivity index (χ3n) is 2.47. The fourth-order valence-corrected chi connectivity index (χ4v) is 1.50. The molecule has 1 aromatic carbocycles. The van der Waals surface area contributed by atoms with Gasteiger partial charge in [-0.05, 0) is 30.7 Å². The first kappa shape index (κ1) is 12.0. The summed E-state index contributed by atoms with van der Waals surface area (Å²) in [5.41, 5.74) is 1.72. The number of nitrogens with one attached hydrogen (secondary N) is 1. The average Bonchev–Trinajstić information content (AvgIpc) is 2.18. The fourth-order valence-electron chi connectivity index (χ4n) is 1.50. The van der Waals surface area contributed by atoms with Crippen molar-refractivity contribution in [1.82, 2.24) is 5.32 Å². The molecule has 0 aliphatic rings. The van der Waals surface area contributed by atoms with Gasteiger partial charge in [-0.3, -0.25) is 0 Å². The molecule has 1 rings (SSSR count). The molecule has 0 saturated heterocycles. The SMILES string of the molecule is CNCC(O)c1cc(C(C)C)ccc1O. The molecule has 0 amide bonds. The van der Waals surface area contributed by atoms with Gasteiger partial charge in [-0.25, -0.2) is 0 Å². The van der Waals surface area contributed by atoms with E-state index in [0.717, 1.165) is 5.56 Å². The van der Waals surface area contributed by atoms with Crippen LogP contribution >= 0.6 is 0 Å². The van der Waals surface area contributed by atoms with Crippen molar-refractivity contribution in [3.8, 4) is 5.75 Å². The van der Waals surface area contributed by atoms with E-state index in [9.17, 15) is 10.2 Å². The predicted octanol–water partition coefficient (Wildman–Crippen LogP) is 1.77. The minimum Gasteiger partial charge on any atom is -0.508 e. The zero-order valence-corrected chi connectivity index (χ0v) is 9.49. The van der Waals surface area contributed by atoms with Gasteiger partial charge in [0.15, 0.2) is 0 Å². The molecule has 0 aliphatic heterocycles. The van der Waals surface area contributed by atoms with E-state index in [1.165, 1.54) is 0 Å². The molecule has 0 radical (unpaired) electrons. The minimum absolute atomic E-state index is 0.155. The van der Waals surface area contributed by atoms with Gasteiger partial charge >= 0.3 is 0 Å². The minimum atomic E-state index is -0.659. The Morgan fingerprint density at radius 2 is 2.00 bits per heavy atom. The summed E-state index contributed by atoms with van der Waals surface area (Å²) >= 11 is 0. The van der Waals surface area contributed by atoms with Gasteiger partial charge in [0.05, 0.1) is 6.10 Å². The Morgan fingerprint density at radius 3 is 2.53 bits per heavy atom. The summed E-state index contributed by atoms with van der Waals surface area (Å²) in [6.07, 6.45) is -0.659. The Bertz CT molecular complexity index is 323. The van der Waals surface area contributed by atoms with E-state index in [0.29, 0.717) is 18.0 Å². The standard InChI is InChI=1S/C12H19NO2/c1-8(2)9-4-5-11(14)10(6-9)12(15)7-13-3/h4-6,8,12-15H,7H2,1-3H3. The number of likely N-dealkylation sites (N-methyl/N-ethyl adjacent to an activating group) is 1. The number of phenols is 1. The Kier molecular flexibility index (Phi) is 4.12. The van der Waals surface area contributed by atoms with Gasteiger partial charge in [0.25, 0.3) is 0 Å². The Balaban J connectivity index is 2.99. The number of aromatic hydroxyl groups is 1. The molecule has 0 spiro atoms. The molecule has 15 heavy (non-hydrogen) atoms. The zero-order valence-electron chi connectivity index (χ0n) is 9.49. The molecule has 1 unspecified atom stereocenters. The summed E-state index contributed by atoms with van der Waals surface area (Å²) < 4.78 is 0. The van der Waals surface area contributed by atoms with E-state index in [4.69, 9.17) is 0 Å². The first-order valence-corrected chi connectivity index (χ1v) is 5.21. The summed E-state index contributed by atoms with van der Waals surface area (Å²) in [4.78, 5) is 0. The van der Waals surface area contributed by atoms with Crippen molar-refractivity contribution in [2.45, 2.75) is 25.9 Å². The van der Waals surface area contributed by atoms with Crippen LogP contribution in [0.1, 0.15) is 37.0 Å². The Morgan fingerprint density at radius 1 is 1.33 bits per heavy atom. The van der Waals surface area contributed by atoms with Crippen LogP contribution in [-0.4, -0.2) is 23.8 Å². The van der Waals surface area contributed by atoms with Crippen LogP contribution < -0.4 is 5.32 Å². The average molecular weight is 209 g/mol. The molecule has 84 valence electrons. The molecule has 0 aliphatic carbocycles. The monoisotopic (exact) mass is 209 g/mol. The van der Waals surface area contributed by atoms with Crippen LogP contribution in [0.25, 0.3) is 0 Å². The third kappa shape index (κ3) is 2.94. The molecule has 3 nitrogen and oxygen atoms in total. The summed E-state index contributed by atoms with van der Waals surface area (Å²) in [6, 6.07) is 5.39. The van der Waals surface area contributed by atoms with Crippen molar-refractivity contribution in [1.29, 1.82) is 0 Å². The highest BCUT2D eigenvalue weighted by Crippen LogP contribution is 2.27. The van der Waals surface area contributed by atoms with Gasteiger partial charge in [-0.1, -0.05) is 19.9 Å². The number of benzene rings is 1. The number of aliphatic hydroxyl groups is 1. The van der Waals surface area contributed by atoms with Crippen molar-refractivity contribution in [2.75, 3.05) is 13.6 Å². The second-order valence-corrected chi connectivity index (χ2v) is 4.05. The van der Waals surface area contributed by atoms with E-state index >= 15 is 0 Å². The van der Waals surface area contributed by atoms with Crippen LogP contribution in [0.3, 0.4) is 0 Å². The van der Waals surface area contributed by atoms with E-state index in [2.05, 4.69) is 19.2 Å². The molecular formula is C12H19NO2. The normalized spacial score (nSPS) is 13.1. The Labute approximate surface area is 90.8 Å². The van der Waals surface area contributed by atoms with E-state index in [1.54, 1.807) is 13.1 Å². The predicted molar refractivity (Wildman–Crippen MR) is 61.1 cm³/mol. The molecule has 0 heterocycles. The van der Waals surface area contributed by atoms with E-state index in [-0.39, 0.29) is 5.75 Å². The second kappa shape index (κ2) is 5.14. The van der Waals surface area contributed by atoms with Crippen LogP contribution in [0.15, 0.2) is 18.2 Å². The summed E-state index contributed by atoms with van der Waals surface area (Å²) in [6.45, 7) is 4.61. The number of rotatable bonds is 4. The lowest BCUT2D eigenvalue weighted by atomic mass is 9.98. The molecule has 0 bridgehead atoms. The van der Waals surface area contributed by atoms with Gasteiger partial charge in [0.2, 0.25) is 0 Å². The quantitative estimate of drug-likeness (QED) is 0.708. The maximum absolute atomic E-state index is 9.79. The summed E-state index contributed by atoms with van der Waals surface area (Å²) in [7, 11) is 1.77. The fraction of sp³-hybridized carbons (Fsp3) is 0.500. The van der Waals surface area contributed by atoms with Crippen molar-refractivity contribution in [3.05, 3.63) is 29.3 Å². The lowest BCUT2D eigenvalue weighted by Crippen LogP contribution is -2.17. The van der Waals surface area contributed by atoms with Crippen molar-refractivity contribution in [2.24, 2.45) is 0 Å². The Hall–Kier alpha value is -1.06. The third-order valence-corrected chi connectivity index (χ3v) is 2.47. The lowest BCUT2D eigenvalue weighted by Gasteiger charge is -2.15. The summed E-state index contributed by atoms with van der Waals surface area (Å²) in [5.74, 6) is 0.549. The highest BCUT2D eigenvalue weighted by atomic mass is 16.3. The maximum Gasteiger partial charge on any atom is 0.121 e. The zero-order chi connectivity index (χ0) is 11.4. The molecule has 1 atom stereocenters. The van der Waals surface area contributed by atoms with Crippen molar-refractivity contribution >= 4 is 0 Å². The first-order chi connectivity index (χ1) is 7.06. The lowest BCUT2D eigenvalue weighted by molar-refractivity contribution is 0.174. The van der Waals surface area contributed by atoms with E-state index in [1.807, 2.05) is 12.1 Å². The smallest absolute Gasteiger partial charge is 0.121 e. The van der Waals surface area contributed by atoms with Gasteiger partial charge in [0, 0.05) is 12.1 Å². The topological polar surface area (TPSA) is 52.5 Å². The van der Waals surface area contributed by atoms with Crippen molar-refractivity contribution < 1.29 is 10.2 Å². The van der Waals surface area contributed by atoms with Crippen molar-refractivity contribution in [3.63, 3.8) is 0 Å². The number of aliphatic hydroxyl groups excluding tert-OH is 1. The first-order valence-electron chi connectivity index (χ1n) is 5.21. The summed E-state index contributed by atoms with van der Waals surface area (Å²) in [5, 5.41) is 22.3. The molecule has 1 aromatic rings. The van der Waals surface area contributed by atoms with Gasteiger partial charge in [-0.15, -0.1) is 0 Å². The number of hydrogen-bond donors (Lipinski definition) is 3. The second-order valence-electron chi connectivity index (χ2n) is 4.05. The highest BCUT2D eigenvalue weighted by Gasteiger charge is 2.12. The van der Waals surface area contributed by atoms with Crippen LogP contribution in [-0.2, 0) is 0 Å². The van der Waals surface area contributed by atoms with Crippen LogP contribution in [0.5, 0.6) is 5.75 Å². The highest BCUT2D eigenvalue weighted by molar-refractivity contribution is 5.38. The van der Waals surface area contributed by atoms with Gasteiger partial charge in [0.1, 0.15) is 5.75 Å². The van der Waals surface area contributed by atoms with Gasteiger partial charge in [-0.2, -0.15) is 0 Å². The van der Waals surface area contributed by atoms with Crippen LogP contribution in [0, 0.1) is 0 Å². The van der Waals surface area contributed by atoms with Crippen LogP contribution in [0.4, 0.5) is 0 Å². The van der Waals surface area contributed by atoms with Crippen LogP contribution in [0.2, 0.25) is 0 Å². The maximum atomic E-state index is 9.79. The van der Waals surface area contributed by atoms with Gasteiger partial charge < -0.3 is 15.5 Å². The number of phenolic OH excluding ortho intramolecular Hbond substituents is 1. The molecule has 0 saturated carbocycles. The molecule has 0 aromatic heterocycles. The molecule has 0 fully saturated rings. The molecule has 3 heteroatoms. The van der Waals surface area contributed by atoms with E-state index < -0.39 is 6.10 Å². The molecular weight excluding hydrogens is 190 g/mol. The number of hydrogen-bond acceptors (Lipinski definition) is 3. The largest absolute Gasteiger partial charge is 0.508 e. The molecule has 3 N–H and O–H groups in total.